The van der Waals surface area contributed by atoms with Gasteiger partial charge >= 0.3 is 0 Å². The number of hydrogen-bond acceptors (Lipinski definition) is 9. The Labute approximate surface area is 141 Å². The van der Waals surface area contributed by atoms with E-state index < -0.39 is 54.6 Å². The molecule has 1 aliphatic rings. The number of methoxy groups -OCH3 is 3. The number of rotatable bonds is 8. The van der Waals surface area contributed by atoms with Crippen LogP contribution in [-0.2, 0) is 18.9 Å². The SMILES string of the molecule is CO[C@H]1O[C@H](C)[C@@](O)([C@@H](C[C@H](O)[C@H](O)[C@@H](C)O)OC)[C@@H](OC)[C@H]1O. The molecule has 0 radical (unpaired) electrons. The minimum atomic E-state index is -1.82. The molecule has 1 saturated heterocycles. The lowest BCUT2D eigenvalue weighted by Crippen LogP contribution is -2.71. The zero-order valence-corrected chi connectivity index (χ0v) is 14.7. The Balaban J connectivity index is 3.06. The molecule has 0 aromatic carbocycles. The summed E-state index contributed by atoms with van der Waals surface area (Å²) in [4.78, 5) is 0. The van der Waals surface area contributed by atoms with E-state index >= 15 is 0 Å². The van der Waals surface area contributed by atoms with Gasteiger partial charge < -0.3 is 44.5 Å². The molecule has 1 aliphatic heterocycles. The van der Waals surface area contributed by atoms with Crippen LogP contribution in [-0.4, -0.2) is 101 Å². The summed E-state index contributed by atoms with van der Waals surface area (Å²) in [5.74, 6) is 0. The molecular formula is C15H30O9. The zero-order valence-electron chi connectivity index (χ0n) is 14.7. The summed E-state index contributed by atoms with van der Waals surface area (Å²) in [5.41, 5.74) is -1.82. The molecule has 0 aromatic heterocycles. The molecular weight excluding hydrogens is 324 g/mol. The first-order chi connectivity index (χ1) is 11.1. The normalized spacial score (nSPS) is 39.2. The summed E-state index contributed by atoms with van der Waals surface area (Å²) in [6.45, 7) is 2.90. The van der Waals surface area contributed by atoms with Crippen LogP contribution in [0, 0.1) is 0 Å². The Kier molecular flexibility index (Phi) is 7.98. The van der Waals surface area contributed by atoms with Gasteiger partial charge in [0.25, 0.3) is 0 Å². The third-order valence-electron chi connectivity index (χ3n) is 4.66. The van der Waals surface area contributed by atoms with Crippen LogP contribution in [0.25, 0.3) is 0 Å². The predicted molar refractivity (Wildman–Crippen MR) is 82.2 cm³/mol. The van der Waals surface area contributed by atoms with Gasteiger partial charge in [0.05, 0.1) is 24.4 Å². The standard InChI is InChI=1S/C15H30O9/c1-7(16)11(18)9(17)6-10(21-3)15(20)8(2)24-14(23-5)12(19)13(15)22-4/h7-14,16-20H,6H2,1-5H3/t7-,8-,9+,10-,11-,12-,13+,14+,15-/m1/s1. The average Bonchev–Trinajstić information content (AvgIpc) is 2.55. The van der Waals surface area contributed by atoms with Crippen molar-refractivity contribution in [3.8, 4) is 0 Å². The Morgan fingerprint density at radius 3 is 2.12 bits per heavy atom. The minimum Gasteiger partial charge on any atom is -0.391 e. The largest absolute Gasteiger partial charge is 0.391 e. The second-order valence-electron chi connectivity index (χ2n) is 6.18. The van der Waals surface area contributed by atoms with Crippen molar-refractivity contribution in [2.45, 2.75) is 74.9 Å². The van der Waals surface area contributed by atoms with Gasteiger partial charge in [0.15, 0.2) is 6.29 Å². The molecule has 1 heterocycles. The minimum absolute atomic E-state index is 0.211. The van der Waals surface area contributed by atoms with Crippen LogP contribution >= 0.6 is 0 Å². The molecule has 144 valence electrons. The number of aliphatic hydroxyl groups is 5. The van der Waals surface area contributed by atoms with E-state index in [1.54, 1.807) is 6.92 Å². The monoisotopic (exact) mass is 354 g/mol. The maximum atomic E-state index is 11.2. The highest BCUT2D eigenvalue weighted by molar-refractivity contribution is 5.06. The van der Waals surface area contributed by atoms with Crippen molar-refractivity contribution < 1.29 is 44.5 Å². The highest BCUT2D eigenvalue weighted by atomic mass is 16.7. The molecule has 9 atom stereocenters. The van der Waals surface area contributed by atoms with E-state index in [1.165, 1.54) is 28.3 Å². The summed E-state index contributed by atoms with van der Waals surface area (Å²) in [7, 11) is 3.99. The number of aliphatic hydroxyl groups excluding tert-OH is 4. The van der Waals surface area contributed by atoms with Gasteiger partial charge in [-0.2, -0.15) is 0 Å². The zero-order chi connectivity index (χ0) is 18.7. The summed E-state index contributed by atoms with van der Waals surface area (Å²) < 4.78 is 21.1. The summed E-state index contributed by atoms with van der Waals surface area (Å²) in [6, 6.07) is 0. The number of ether oxygens (including phenoxy) is 4. The lowest BCUT2D eigenvalue weighted by Gasteiger charge is -2.51. The second-order valence-corrected chi connectivity index (χ2v) is 6.18. The van der Waals surface area contributed by atoms with E-state index in [4.69, 9.17) is 18.9 Å². The van der Waals surface area contributed by atoms with Crippen LogP contribution < -0.4 is 0 Å². The molecule has 24 heavy (non-hydrogen) atoms. The van der Waals surface area contributed by atoms with Gasteiger partial charge in [0, 0.05) is 27.8 Å². The first-order valence-electron chi connectivity index (χ1n) is 7.83. The van der Waals surface area contributed by atoms with E-state index in [-0.39, 0.29) is 6.42 Å². The van der Waals surface area contributed by atoms with Crippen molar-refractivity contribution in [1.29, 1.82) is 0 Å². The van der Waals surface area contributed by atoms with Crippen molar-refractivity contribution in [3.05, 3.63) is 0 Å². The van der Waals surface area contributed by atoms with E-state index in [0.717, 1.165) is 0 Å². The molecule has 0 amide bonds. The highest BCUT2D eigenvalue weighted by Crippen LogP contribution is 2.37. The summed E-state index contributed by atoms with van der Waals surface area (Å²) >= 11 is 0. The van der Waals surface area contributed by atoms with Crippen LogP contribution in [0.1, 0.15) is 20.3 Å². The molecule has 0 aliphatic carbocycles. The topological polar surface area (TPSA) is 138 Å². The lowest BCUT2D eigenvalue weighted by atomic mass is 9.77. The van der Waals surface area contributed by atoms with Gasteiger partial charge in [-0.05, 0) is 13.8 Å². The van der Waals surface area contributed by atoms with Gasteiger partial charge in [-0.1, -0.05) is 0 Å². The van der Waals surface area contributed by atoms with Crippen LogP contribution in [0.2, 0.25) is 0 Å². The van der Waals surface area contributed by atoms with Crippen LogP contribution in [0.4, 0.5) is 0 Å². The molecule has 1 rings (SSSR count). The van der Waals surface area contributed by atoms with Crippen LogP contribution in [0.5, 0.6) is 0 Å². The first-order valence-corrected chi connectivity index (χ1v) is 7.83. The summed E-state index contributed by atoms with van der Waals surface area (Å²) in [6.07, 6.45) is -9.46. The third kappa shape index (κ3) is 4.06. The Bertz CT molecular complexity index is 380. The Hall–Kier alpha value is -0.360. The van der Waals surface area contributed by atoms with Crippen molar-refractivity contribution >= 4 is 0 Å². The predicted octanol–water partition coefficient (Wildman–Crippen LogP) is -2.01. The smallest absolute Gasteiger partial charge is 0.186 e. The van der Waals surface area contributed by atoms with Crippen molar-refractivity contribution in [2.24, 2.45) is 0 Å². The van der Waals surface area contributed by atoms with E-state index in [0.29, 0.717) is 0 Å². The molecule has 0 spiro atoms. The van der Waals surface area contributed by atoms with Crippen LogP contribution in [0.3, 0.4) is 0 Å². The average molecular weight is 354 g/mol. The Morgan fingerprint density at radius 1 is 1.12 bits per heavy atom. The fourth-order valence-corrected chi connectivity index (χ4v) is 3.16. The van der Waals surface area contributed by atoms with Gasteiger partial charge in [0.1, 0.15) is 23.9 Å². The van der Waals surface area contributed by atoms with Crippen LogP contribution in [0.15, 0.2) is 0 Å². The van der Waals surface area contributed by atoms with Gasteiger partial charge in [-0.15, -0.1) is 0 Å². The molecule has 0 aromatic rings. The summed E-state index contributed by atoms with van der Waals surface area (Å²) in [5, 5.41) is 50.7. The maximum absolute atomic E-state index is 11.2. The molecule has 0 unspecified atom stereocenters. The fraction of sp³-hybridized carbons (Fsp3) is 1.00. The highest BCUT2D eigenvalue weighted by Gasteiger charge is 2.59. The van der Waals surface area contributed by atoms with Gasteiger partial charge in [0.2, 0.25) is 0 Å². The van der Waals surface area contributed by atoms with Gasteiger partial charge in [-0.3, -0.25) is 0 Å². The lowest BCUT2D eigenvalue weighted by molar-refractivity contribution is -0.342. The molecule has 9 nitrogen and oxygen atoms in total. The number of hydrogen-bond donors (Lipinski definition) is 5. The molecule has 5 N–H and O–H groups in total. The first kappa shape index (κ1) is 21.7. The molecule has 1 fully saturated rings. The van der Waals surface area contributed by atoms with Crippen molar-refractivity contribution in [1.82, 2.24) is 0 Å². The molecule has 9 heteroatoms. The Morgan fingerprint density at radius 2 is 1.71 bits per heavy atom. The second kappa shape index (κ2) is 8.84. The van der Waals surface area contributed by atoms with E-state index in [1.807, 2.05) is 0 Å². The molecule has 0 bridgehead atoms. The molecule has 0 saturated carbocycles. The fourth-order valence-electron chi connectivity index (χ4n) is 3.16. The third-order valence-corrected chi connectivity index (χ3v) is 4.66. The van der Waals surface area contributed by atoms with Crippen molar-refractivity contribution in [3.63, 3.8) is 0 Å². The van der Waals surface area contributed by atoms with E-state index in [2.05, 4.69) is 0 Å². The van der Waals surface area contributed by atoms with Crippen molar-refractivity contribution in [2.75, 3.05) is 21.3 Å². The maximum Gasteiger partial charge on any atom is 0.186 e. The van der Waals surface area contributed by atoms with Gasteiger partial charge in [-0.25, -0.2) is 0 Å². The van der Waals surface area contributed by atoms with E-state index in [9.17, 15) is 25.5 Å². The quantitative estimate of drug-likeness (QED) is 0.335.